The Morgan fingerprint density at radius 3 is 2.71 bits per heavy atom. The highest BCUT2D eigenvalue weighted by molar-refractivity contribution is 5.82. The van der Waals surface area contributed by atoms with Crippen LogP contribution in [0.3, 0.4) is 0 Å². The molecule has 2 heterocycles. The van der Waals surface area contributed by atoms with Crippen molar-refractivity contribution in [3.63, 3.8) is 0 Å². The molecule has 1 fully saturated rings. The van der Waals surface area contributed by atoms with Crippen molar-refractivity contribution in [3.8, 4) is 0 Å². The molecule has 0 aromatic carbocycles. The van der Waals surface area contributed by atoms with E-state index in [9.17, 15) is 23.1 Å². The van der Waals surface area contributed by atoms with Crippen LogP contribution >= 0.6 is 0 Å². The topological polar surface area (TPSA) is 86.2 Å². The number of allylic oxidation sites excluding steroid dienone is 1. The molecule has 136 valence electrons. The summed E-state index contributed by atoms with van der Waals surface area (Å²) in [6, 6.07) is -1.51. The van der Waals surface area contributed by atoms with Gasteiger partial charge in [-0.15, -0.1) is 0 Å². The summed E-state index contributed by atoms with van der Waals surface area (Å²) in [6.07, 6.45) is -5.33. The maximum absolute atomic E-state index is 12.5. The zero-order valence-electron chi connectivity index (χ0n) is 13.2. The summed E-state index contributed by atoms with van der Waals surface area (Å²) in [5.41, 5.74) is 0. The van der Waals surface area contributed by atoms with Gasteiger partial charge in [-0.1, -0.05) is 6.08 Å². The second-order valence-electron chi connectivity index (χ2n) is 5.66. The van der Waals surface area contributed by atoms with Crippen molar-refractivity contribution >= 4 is 5.91 Å². The molecule has 0 saturated carbocycles. The number of hydrogen-bond acceptors (Lipinski definition) is 6. The van der Waals surface area contributed by atoms with E-state index in [1.807, 2.05) is 0 Å². The summed E-state index contributed by atoms with van der Waals surface area (Å²) in [5, 5.41) is 12.1. The molecule has 0 aromatic rings. The molecule has 4 atom stereocenters. The van der Waals surface area contributed by atoms with Gasteiger partial charge in [-0.25, -0.2) is 0 Å². The van der Waals surface area contributed by atoms with Crippen LogP contribution in [0.4, 0.5) is 13.2 Å². The second kappa shape index (κ2) is 6.52. The highest BCUT2D eigenvalue weighted by Crippen LogP contribution is 2.34. The van der Waals surface area contributed by atoms with Gasteiger partial charge in [-0.05, 0) is 6.92 Å². The lowest BCUT2D eigenvalue weighted by atomic mass is 9.99. The maximum Gasteiger partial charge on any atom is 0.471 e. The third-order valence-electron chi connectivity index (χ3n) is 3.28. The van der Waals surface area contributed by atoms with E-state index in [2.05, 4.69) is 0 Å². The first-order valence-corrected chi connectivity index (χ1v) is 7.10. The number of rotatable bonds is 3. The number of aliphatic hydroxyl groups excluding tert-OH is 1. The van der Waals surface area contributed by atoms with Crippen molar-refractivity contribution in [2.45, 2.75) is 57.3 Å². The SMILES string of the molecule is C/C=C\O[C@H]1OC2=COC(C)(C)O[C@H]2[C@H](O)[C@H]1NC(=O)C(F)(F)F. The molecule has 0 unspecified atom stereocenters. The number of carbonyl (C=O) groups is 1. The van der Waals surface area contributed by atoms with Gasteiger partial charge in [0.15, 0.2) is 11.9 Å². The molecule has 10 heteroatoms. The Morgan fingerprint density at radius 2 is 2.12 bits per heavy atom. The van der Waals surface area contributed by atoms with E-state index in [0.29, 0.717) is 0 Å². The lowest BCUT2D eigenvalue weighted by Gasteiger charge is -2.45. The van der Waals surface area contributed by atoms with Gasteiger partial charge in [-0.2, -0.15) is 13.2 Å². The van der Waals surface area contributed by atoms with Crippen LogP contribution in [-0.4, -0.2) is 47.5 Å². The minimum atomic E-state index is -5.11. The fraction of sp³-hybridized carbons (Fsp3) is 0.643. The minimum absolute atomic E-state index is 0.0498. The molecule has 1 saturated heterocycles. The van der Waals surface area contributed by atoms with Crippen molar-refractivity contribution in [3.05, 3.63) is 24.4 Å². The third-order valence-corrected chi connectivity index (χ3v) is 3.28. The number of nitrogens with one attached hydrogen (secondary N) is 1. The number of fused-ring (bicyclic) bond motifs is 1. The fourth-order valence-corrected chi connectivity index (χ4v) is 2.20. The van der Waals surface area contributed by atoms with Crippen molar-refractivity contribution in [2.24, 2.45) is 0 Å². The van der Waals surface area contributed by atoms with Crippen LogP contribution in [0.15, 0.2) is 24.4 Å². The van der Waals surface area contributed by atoms with Gasteiger partial charge in [0.1, 0.15) is 18.4 Å². The van der Waals surface area contributed by atoms with E-state index < -0.39 is 42.4 Å². The summed E-state index contributed by atoms with van der Waals surface area (Å²) in [7, 11) is 0. The van der Waals surface area contributed by atoms with Crippen molar-refractivity contribution in [2.75, 3.05) is 0 Å². The first-order chi connectivity index (χ1) is 11.0. The Hall–Kier alpha value is -1.94. The highest BCUT2D eigenvalue weighted by atomic mass is 19.4. The molecular formula is C14H18F3NO6. The first-order valence-electron chi connectivity index (χ1n) is 7.10. The molecule has 0 radical (unpaired) electrons. The summed E-state index contributed by atoms with van der Waals surface area (Å²) in [5.74, 6) is -3.29. The average Bonchev–Trinajstić information content (AvgIpc) is 2.47. The largest absolute Gasteiger partial charge is 0.471 e. The van der Waals surface area contributed by atoms with Gasteiger partial charge >= 0.3 is 12.1 Å². The van der Waals surface area contributed by atoms with Crippen molar-refractivity contribution < 1.29 is 42.0 Å². The van der Waals surface area contributed by atoms with Crippen LogP contribution in [0.1, 0.15) is 20.8 Å². The predicted octanol–water partition coefficient (Wildman–Crippen LogP) is 1.29. The van der Waals surface area contributed by atoms with Gasteiger partial charge < -0.3 is 29.4 Å². The number of halogens is 3. The van der Waals surface area contributed by atoms with Crippen LogP contribution in [-0.2, 0) is 23.7 Å². The van der Waals surface area contributed by atoms with E-state index in [4.69, 9.17) is 18.9 Å². The van der Waals surface area contributed by atoms with Gasteiger partial charge in [0.05, 0.1) is 6.26 Å². The Kier molecular flexibility index (Phi) is 5.00. The van der Waals surface area contributed by atoms with Crippen LogP contribution in [0.5, 0.6) is 0 Å². The smallest absolute Gasteiger partial charge is 0.467 e. The lowest BCUT2D eigenvalue weighted by molar-refractivity contribution is -0.283. The Balaban J connectivity index is 2.25. The van der Waals surface area contributed by atoms with Gasteiger partial charge in [-0.3, -0.25) is 4.79 Å². The first kappa shape index (κ1) is 18.4. The quantitative estimate of drug-likeness (QED) is 0.744. The van der Waals surface area contributed by atoms with E-state index in [1.165, 1.54) is 18.6 Å². The van der Waals surface area contributed by atoms with E-state index in [1.54, 1.807) is 26.1 Å². The molecule has 7 nitrogen and oxygen atoms in total. The maximum atomic E-state index is 12.5. The summed E-state index contributed by atoms with van der Waals surface area (Å²) < 4.78 is 58.8. The number of hydrogen-bond donors (Lipinski definition) is 2. The standard InChI is InChI=1S/C14H18F3NO6/c1-4-5-21-11-8(18-12(20)14(15,16)17)9(19)10-7(23-11)6-22-13(2,3)24-10/h4-6,8-11,19H,1-3H3,(H,18,20)/b5-4-/t8-,9-,10-,11+/m1/s1. The molecule has 2 N–H and O–H groups in total. The summed E-state index contributed by atoms with van der Waals surface area (Å²) >= 11 is 0. The van der Waals surface area contributed by atoms with Gasteiger partial charge in [0.2, 0.25) is 5.79 Å². The fourth-order valence-electron chi connectivity index (χ4n) is 2.20. The summed E-state index contributed by atoms with van der Waals surface area (Å²) in [4.78, 5) is 11.2. The summed E-state index contributed by atoms with van der Waals surface area (Å²) in [6.45, 7) is 4.72. The third kappa shape index (κ3) is 3.93. The van der Waals surface area contributed by atoms with Gasteiger partial charge in [0.25, 0.3) is 6.29 Å². The molecule has 1 amide bonds. The predicted molar refractivity (Wildman–Crippen MR) is 72.9 cm³/mol. The van der Waals surface area contributed by atoms with Crippen LogP contribution in [0.2, 0.25) is 0 Å². The van der Waals surface area contributed by atoms with E-state index in [-0.39, 0.29) is 5.76 Å². The Labute approximate surface area is 136 Å². The van der Waals surface area contributed by atoms with E-state index >= 15 is 0 Å². The van der Waals surface area contributed by atoms with Crippen LogP contribution in [0.25, 0.3) is 0 Å². The minimum Gasteiger partial charge on any atom is -0.467 e. The second-order valence-corrected chi connectivity index (χ2v) is 5.66. The number of ether oxygens (including phenoxy) is 4. The van der Waals surface area contributed by atoms with Crippen molar-refractivity contribution in [1.29, 1.82) is 0 Å². The normalized spacial score (nSPS) is 32.2. The Morgan fingerprint density at radius 1 is 1.46 bits per heavy atom. The molecule has 24 heavy (non-hydrogen) atoms. The molecular weight excluding hydrogens is 335 g/mol. The molecule has 2 rings (SSSR count). The van der Waals surface area contributed by atoms with Crippen LogP contribution in [0, 0.1) is 0 Å². The number of amides is 1. The number of alkyl halides is 3. The number of carbonyl (C=O) groups excluding carboxylic acids is 1. The number of aliphatic hydroxyl groups is 1. The molecule has 0 aliphatic carbocycles. The zero-order chi connectivity index (χ0) is 18.1. The molecule has 0 bridgehead atoms. The lowest BCUT2D eigenvalue weighted by Crippen LogP contribution is -2.63. The monoisotopic (exact) mass is 353 g/mol. The molecule has 0 spiro atoms. The average molecular weight is 353 g/mol. The highest BCUT2D eigenvalue weighted by Gasteiger charge is 2.52. The molecule has 0 aromatic heterocycles. The Bertz CT molecular complexity index is 545. The van der Waals surface area contributed by atoms with Crippen LogP contribution < -0.4 is 5.32 Å². The molecule has 2 aliphatic heterocycles. The van der Waals surface area contributed by atoms with E-state index in [0.717, 1.165) is 0 Å². The van der Waals surface area contributed by atoms with Gasteiger partial charge in [0, 0.05) is 13.8 Å². The van der Waals surface area contributed by atoms with Crippen molar-refractivity contribution in [1.82, 2.24) is 5.32 Å². The zero-order valence-corrected chi connectivity index (χ0v) is 13.2. The molecule has 2 aliphatic rings.